The highest BCUT2D eigenvalue weighted by Crippen LogP contribution is 2.22. The molecule has 0 unspecified atom stereocenters. The van der Waals surface area contributed by atoms with E-state index >= 15 is 0 Å². The number of benzene rings is 2. The number of rotatable bonds is 8. The Balaban J connectivity index is 1.93. The average molecular weight is 394 g/mol. The Hall–Kier alpha value is -3.38. The van der Waals surface area contributed by atoms with Gasteiger partial charge in [0.1, 0.15) is 0 Å². The largest absolute Gasteiger partial charge is 0.351 e. The molecule has 12 heteroatoms. The van der Waals surface area contributed by atoms with Crippen LogP contribution in [0.5, 0.6) is 0 Å². The monoisotopic (exact) mass is 394 g/mol. The van der Waals surface area contributed by atoms with Crippen LogP contribution in [0.4, 0.5) is 11.4 Å². The number of nitrogens with one attached hydrogen (secondary N) is 2. The molecule has 0 radical (unpaired) electrons. The van der Waals surface area contributed by atoms with E-state index in [-0.39, 0.29) is 24.3 Å². The molecule has 0 saturated carbocycles. The molecule has 0 spiro atoms. The summed E-state index contributed by atoms with van der Waals surface area (Å²) in [7, 11) is -4.13. The van der Waals surface area contributed by atoms with Gasteiger partial charge in [0.05, 0.1) is 9.85 Å². The molecule has 11 nitrogen and oxygen atoms in total. The average Bonchev–Trinajstić information content (AvgIpc) is 2.65. The summed E-state index contributed by atoms with van der Waals surface area (Å²) in [5.74, 6) is -0.546. The first-order chi connectivity index (χ1) is 12.7. The first-order valence-corrected chi connectivity index (χ1v) is 8.96. The van der Waals surface area contributed by atoms with Crippen molar-refractivity contribution in [1.82, 2.24) is 10.0 Å². The molecule has 0 atom stereocenters. The number of carbonyl (C=O) groups excluding carboxylic acids is 1. The molecule has 0 saturated heterocycles. The fraction of sp³-hybridized carbons (Fsp3) is 0.133. The lowest BCUT2D eigenvalue weighted by molar-refractivity contribution is -0.387. The summed E-state index contributed by atoms with van der Waals surface area (Å²) >= 11 is 0. The first kappa shape index (κ1) is 19.9. The van der Waals surface area contributed by atoms with Crippen molar-refractivity contribution in [1.29, 1.82) is 0 Å². The topological polar surface area (TPSA) is 162 Å². The highest BCUT2D eigenvalue weighted by molar-refractivity contribution is 7.89. The molecule has 0 heterocycles. The summed E-state index contributed by atoms with van der Waals surface area (Å²) < 4.78 is 26.5. The molecule has 2 N–H and O–H groups in total. The Morgan fingerprint density at radius 3 is 2.15 bits per heavy atom. The van der Waals surface area contributed by atoms with Crippen LogP contribution >= 0.6 is 0 Å². The second kappa shape index (κ2) is 8.33. The van der Waals surface area contributed by atoms with E-state index in [2.05, 4.69) is 10.0 Å². The van der Waals surface area contributed by atoms with E-state index in [1.54, 1.807) is 0 Å². The lowest BCUT2D eigenvalue weighted by Gasteiger charge is -2.08. The number of hydrogen-bond acceptors (Lipinski definition) is 7. The molecule has 2 aromatic carbocycles. The van der Waals surface area contributed by atoms with Gasteiger partial charge in [0.15, 0.2) is 4.90 Å². The minimum absolute atomic E-state index is 0.0876. The molecule has 0 aliphatic heterocycles. The van der Waals surface area contributed by atoms with Gasteiger partial charge in [-0.3, -0.25) is 25.0 Å². The molecular weight excluding hydrogens is 380 g/mol. The minimum atomic E-state index is -4.13. The van der Waals surface area contributed by atoms with Gasteiger partial charge in [0.2, 0.25) is 10.0 Å². The highest BCUT2D eigenvalue weighted by Gasteiger charge is 2.24. The van der Waals surface area contributed by atoms with Crippen molar-refractivity contribution in [3.63, 3.8) is 0 Å². The summed E-state index contributed by atoms with van der Waals surface area (Å²) in [6.45, 7) is -0.289. The summed E-state index contributed by atoms with van der Waals surface area (Å²) in [5.41, 5.74) is -0.550. The normalized spacial score (nSPS) is 11.0. The number of carbonyl (C=O) groups is 1. The molecule has 2 aromatic rings. The summed E-state index contributed by atoms with van der Waals surface area (Å²) in [5, 5.41) is 23.9. The zero-order chi connectivity index (χ0) is 20.0. The number of para-hydroxylation sites is 1. The van der Waals surface area contributed by atoms with Crippen LogP contribution in [0.25, 0.3) is 0 Å². The Morgan fingerprint density at radius 1 is 0.926 bits per heavy atom. The van der Waals surface area contributed by atoms with Gasteiger partial charge in [0.25, 0.3) is 17.3 Å². The van der Waals surface area contributed by atoms with Crippen molar-refractivity contribution < 1.29 is 23.1 Å². The van der Waals surface area contributed by atoms with Crippen LogP contribution in [-0.4, -0.2) is 37.3 Å². The van der Waals surface area contributed by atoms with E-state index in [9.17, 15) is 33.4 Å². The number of non-ortho nitro benzene ring substituents is 1. The molecular formula is C15H14N4O7S. The third-order valence-corrected chi connectivity index (χ3v) is 4.90. The lowest BCUT2D eigenvalue weighted by atomic mass is 10.2. The standard InChI is InChI=1S/C15H14N4O7S/c20-15(11-5-7-12(8-6-11)18(21)22)16-9-10-17-27(25,26)14-4-2-1-3-13(14)19(23)24/h1-8,17H,9-10H2,(H,16,20). The number of nitrogens with zero attached hydrogens (tertiary/aromatic N) is 2. The summed E-state index contributed by atoms with van der Waals surface area (Å²) in [4.78, 5) is 31.5. The Labute approximate surface area is 153 Å². The summed E-state index contributed by atoms with van der Waals surface area (Å²) in [6.07, 6.45) is 0. The van der Waals surface area contributed by atoms with Gasteiger partial charge in [-0.2, -0.15) is 0 Å². The summed E-state index contributed by atoms with van der Waals surface area (Å²) in [6, 6.07) is 9.77. The minimum Gasteiger partial charge on any atom is -0.351 e. The zero-order valence-electron chi connectivity index (χ0n) is 13.7. The predicted molar refractivity (Wildman–Crippen MR) is 93.7 cm³/mol. The molecule has 0 fully saturated rings. The molecule has 142 valence electrons. The maximum absolute atomic E-state index is 12.2. The maximum Gasteiger partial charge on any atom is 0.289 e. The van der Waals surface area contributed by atoms with Gasteiger partial charge < -0.3 is 5.32 Å². The van der Waals surface area contributed by atoms with Crippen molar-refractivity contribution >= 4 is 27.3 Å². The second-order valence-electron chi connectivity index (χ2n) is 5.18. The van der Waals surface area contributed by atoms with E-state index in [4.69, 9.17) is 0 Å². The van der Waals surface area contributed by atoms with Gasteiger partial charge >= 0.3 is 0 Å². The van der Waals surface area contributed by atoms with Gasteiger partial charge in [-0.05, 0) is 18.2 Å². The highest BCUT2D eigenvalue weighted by atomic mass is 32.2. The van der Waals surface area contributed by atoms with Crippen LogP contribution in [0.15, 0.2) is 53.4 Å². The first-order valence-electron chi connectivity index (χ1n) is 7.48. The van der Waals surface area contributed by atoms with Crippen molar-refractivity contribution in [2.24, 2.45) is 0 Å². The number of amides is 1. The molecule has 0 aromatic heterocycles. The third-order valence-electron chi connectivity index (χ3n) is 3.39. The maximum atomic E-state index is 12.2. The van der Waals surface area contributed by atoms with E-state index in [1.165, 1.54) is 36.4 Å². The van der Waals surface area contributed by atoms with Gasteiger partial charge in [0, 0.05) is 36.9 Å². The fourth-order valence-corrected chi connectivity index (χ4v) is 3.31. The number of sulfonamides is 1. The molecule has 0 bridgehead atoms. The Kier molecular flexibility index (Phi) is 6.15. The molecule has 2 rings (SSSR count). The molecule has 1 amide bonds. The molecule has 27 heavy (non-hydrogen) atoms. The van der Waals surface area contributed by atoms with Crippen LogP contribution in [-0.2, 0) is 10.0 Å². The van der Waals surface area contributed by atoms with Crippen LogP contribution in [0.1, 0.15) is 10.4 Å². The van der Waals surface area contributed by atoms with E-state index < -0.39 is 36.4 Å². The number of nitro groups is 2. The van der Waals surface area contributed by atoms with Crippen LogP contribution in [0.3, 0.4) is 0 Å². The van der Waals surface area contributed by atoms with Crippen molar-refractivity contribution in [2.45, 2.75) is 4.90 Å². The predicted octanol–water partition coefficient (Wildman–Crippen LogP) is 1.21. The van der Waals surface area contributed by atoms with E-state index in [1.807, 2.05) is 0 Å². The van der Waals surface area contributed by atoms with Gasteiger partial charge in [-0.25, -0.2) is 13.1 Å². The Morgan fingerprint density at radius 2 is 1.56 bits per heavy atom. The van der Waals surface area contributed by atoms with Crippen LogP contribution in [0, 0.1) is 20.2 Å². The van der Waals surface area contributed by atoms with E-state index in [0.29, 0.717) is 0 Å². The zero-order valence-corrected chi connectivity index (χ0v) is 14.5. The fourth-order valence-electron chi connectivity index (χ4n) is 2.11. The smallest absolute Gasteiger partial charge is 0.289 e. The quantitative estimate of drug-likeness (QED) is 0.386. The van der Waals surface area contributed by atoms with Gasteiger partial charge in [-0.1, -0.05) is 12.1 Å². The van der Waals surface area contributed by atoms with Crippen LogP contribution in [0.2, 0.25) is 0 Å². The van der Waals surface area contributed by atoms with Crippen molar-refractivity contribution in [3.05, 3.63) is 74.3 Å². The van der Waals surface area contributed by atoms with Crippen LogP contribution < -0.4 is 10.0 Å². The van der Waals surface area contributed by atoms with Gasteiger partial charge in [-0.15, -0.1) is 0 Å². The molecule has 0 aliphatic rings. The third kappa shape index (κ3) is 5.05. The van der Waals surface area contributed by atoms with E-state index in [0.717, 1.165) is 12.1 Å². The number of nitro benzene ring substituents is 2. The Bertz CT molecular complexity index is 974. The van der Waals surface area contributed by atoms with Crippen molar-refractivity contribution in [3.8, 4) is 0 Å². The number of hydrogen-bond donors (Lipinski definition) is 2. The van der Waals surface area contributed by atoms with Crippen molar-refractivity contribution in [2.75, 3.05) is 13.1 Å². The second-order valence-corrected chi connectivity index (χ2v) is 6.92. The lowest BCUT2D eigenvalue weighted by Crippen LogP contribution is -2.34. The molecule has 0 aliphatic carbocycles. The SMILES string of the molecule is O=C(NCCNS(=O)(=O)c1ccccc1[N+](=O)[O-])c1ccc([N+](=O)[O-])cc1.